The highest BCUT2D eigenvalue weighted by molar-refractivity contribution is 5.80. The van der Waals surface area contributed by atoms with Crippen LogP contribution < -0.4 is 5.32 Å². The van der Waals surface area contributed by atoms with Gasteiger partial charge in [0.2, 0.25) is 11.8 Å². The van der Waals surface area contributed by atoms with Crippen LogP contribution in [-0.4, -0.2) is 59.4 Å². The van der Waals surface area contributed by atoms with Crippen molar-refractivity contribution in [3.8, 4) is 0 Å². The van der Waals surface area contributed by atoms with Gasteiger partial charge in [0.05, 0.1) is 0 Å². The van der Waals surface area contributed by atoms with Gasteiger partial charge in [-0.3, -0.25) is 9.59 Å². The molecule has 4 atom stereocenters. The summed E-state index contributed by atoms with van der Waals surface area (Å²) >= 11 is 0. The van der Waals surface area contributed by atoms with Gasteiger partial charge in [-0.2, -0.15) is 0 Å². The van der Waals surface area contributed by atoms with Crippen LogP contribution in [0.15, 0.2) is 0 Å². The van der Waals surface area contributed by atoms with Gasteiger partial charge >= 0.3 is 0 Å². The van der Waals surface area contributed by atoms with Gasteiger partial charge in [0.25, 0.3) is 0 Å². The summed E-state index contributed by atoms with van der Waals surface area (Å²) in [4.78, 5) is 28.0. The summed E-state index contributed by atoms with van der Waals surface area (Å²) in [5.41, 5.74) is 0. The molecule has 134 valence electrons. The summed E-state index contributed by atoms with van der Waals surface area (Å²) < 4.78 is 0. The van der Waals surface area contributed by atoms with Gasteiger partial charge < -0.3 is 15.1 Å². The summed E-state index contributed by atoms with van der Waals surface area (Å²) in [7, 11) is 0. The molecular weight excluding hydrogens is 302 g/mol. The molecular formula is C19H31N3O2. The smallest absolute Gasteiger partial charge is 0.223 e. The Labute approximate surface area is 145 Å². The largest absolute Gasteiger partial charge is 0.343 e. The van der Waals surface area contributed by atoms with Gasteiger partial charge in [-0.05, 0) is 56.4 Å². The molecule has 0 spiro atoms. The molecule has 0 aromatic carbocycles. The Morgan fingerprint density at radius 1 is 1.21 bits per heavy atom. The number of hydrogen-bond acceptors (Lipinski definition) is 3. The molecule has 0 aromatic rings. The third-order valence-electron chi connectivity index (χ3n) is 6.97. The molecule has 0 aromatic heterocycles. The Morgan fingerprint density at radius 2 is 1.92 bits per heavy atom. The standard InChI is InChI=1S/C19H31N3O2/c1-12-9-18-16(10-19(24)22(18)15-3-4-15)17(12)11-20-14-5-7-21(8-6-14)13(2)23/h12,14-18,20H,3-11H2,1-2H3/t12-,16-,17+,18+/m0/s1. The minimum Gasteiger partial charge on any atom is -0.343 e. The van der Waals surface area contributed by atoms with Crippen LogP contribution in [0.1, 0.15) is 52.4 Å². The highest BCUT2D eigenvalue weighted by Crippen LogP contribution is 2.49. The first-order chi connectivity index (χ1) is 11.5. The molecule has 2 aliphatic carbocycles. The van der Waals surface area contributed by atoms with E-state index in [4.69, 9.17) is 0 Å². The lowest BCUT2D eigenvalue weighted by molar-refractivity contribution is -0.130. The number of carbonyl (C=O) groups excluding carboxylic acids is 2. The summed E-state index contributed by atoms with van der Waals surface area (Å²) in [6.07, 6.45) is 6.54. The molecule has 4 rings (SSSR count). The van der Waals surface area contributed by atoms with E-state index in [9.17, 15) is 9.59 Å². The highest BCUT2D eigenvalue weighted by Gasteiger charge is 2.53. The van der Waals surface area contributed by atoms with Gasteiger partial charge in [-0.1, -0.05) is 6.92 Å². The van der Waals surface area contributed by atoms with E-state index >= 15 is 0 Å². The number of amides is 2. The molecule has 5 nitrogen and oxygen atoms in total. The fourth-order valence-electron chi connectivity index (χ4n) is 5.42. The van der Waals surface area contributed by atoms with E-state index in [0.29, 0.717) is 41.8 Å². The molecule has 4 aliphatic rings. The molecule has 1 N–H and O–H groups in total. The van der Waals surface area contributed by atoms with Crippen LogP contribution in [0.2, 0.25) is 0 Å². The second-order valence-electron chi connectivity index (χ2n) is 8.53. The molecule has 2 saturated carbocycles. The van der Waals surface area contributed by atoms with Crippen molar-refractivity contribution in [3.05, 3.63) is 0 Å². The second kappa shape index (κ2) is 6.32. The van der Waals surface area contributed by atoms with Gasteiger partial charge in [0.15, 0.2) is 0 Å². The number of nitrogens with zero attached hydrogens (tertiary/aromatic N) is 2. The van der Waals surface area contributed by atoms with E-state index in [1.54, 1.807) is 6.92 Å². The summed E-state index contributed by atoms with van der Waals surface area (Å²) in [6, 6.07) is 1.62. The van der Waals surface area contributed by atoms with Crippen LogP contribution in [0.5, 0.6) is 0 Å². The number of likely N-dealkylation sites (tertiary alicyclic amines) is 2. The summed E-state index contributed by atoms with van der Waals surface area (Å²) in [5.74, 6) is 2.52. The van der Waals surface area contributed by atoms with Crippen LogP contribution in [0.4, 0.5) is 0 Å². The number of hydrogen-bond donors (Lipinski definition) is 1. The zero-order valence-electron chi connectivity index (χ0n) is 15.0. The number of carbonyl (C=O) groups is 2. The Hall–Kier alpha value is -1.10. The third kappa shape index (κ3) is 2.96. The van der Waals surface area contributed by atoms with E-state index in [-0.39, 0.29) is 5.91 Å². The Kier molecular flexibility index (Phi) is 4.31. The molecule has 24 heavy (non-hydrogen) atoms. The molecule has 0 bridgehead atoms. The SMILES string of the molecule is CC(=O)N1CCC(NC[C@H]2[C@@H]3CC(=O)N(C4CC4)[C@@H]3C[C@@H]2C)CC1. The molecule has 4 fully saturated rings. The number of rotatable bonds is 4. The molecule has 5 heteroatoms. The number of fused-ring (bicyclic) bond motifs is 1. The normalized spacial score (nSPS) is 37.2. The van der Waals surface area contributed by atoms with Gasteiger partial charge in [-0.15, -0.1) is 0 Å². The number of piperidine rings is 1. The Bertz CT molecular complexity index is 511. The predicted octanol–water partition coefficient (Wildman–Crippen LogP) is 1.62. The first-order valence-electron chi connectivity index (χ1n) is 9.84. The average molecular weight is 333 g/mol. The minimum absolute atomic E-state index is 0.199. The molecule has 2 amide bonds. The first-order valence-corrected chi connectivity index (χ1v) is 9.84. The van der Waals surface area contributed by atoms with Crippen molar-refractivity contribution < 1.29 is 9.59 Å². The van der Waals surface area contributed by atoms with Gasteiger partial charge in [0.1, 0.15) is 0 Å². The molecule has 0 unspecified atom stereocenters. The van der Waals surface area contributed by atoms with Crippen LogP contribution in [0.25, 0.3) is 0 Å². The van der Waals surface area contributed by atoms with Crippen molar-refractivity contribution in [2.24, 2.45) is 17.8 Å². The minimum atomic E-state index is 0.199. The van der Waals surface area contributed by atoms with Crippen LogP contribution in [-0.2, 0) is 9.59 Å². The van der Waals surface area contributed by atoms with Crippen molar-refractivity contribution in [2.45, 2.75) is 70.5 Å². The van der Waals surface area contributed by atoms with Gasteiger partial charge in [-0.25, -0.2) is 0 Å². The van der Waals surface area contributed by atoms with E-state index in [1.807, 2.05) is 4.90 Å². The topological polar surface area (TPSA) is 52.7 Å². The Balaban J connectivity index is 1.31. The Morgan fingerprint density at radius 3 is 2.54 bits per heavy atom. The first kappa shape index (κ1) is 16.4. The van der Waals surface area contributed by atoms with Gasteiger partial charge in [0, 0.05) is 44.6 Å². The predicted molar refractivity (Wildman–Crippen MR) is 92.3 cm³/mol. The van der Waals surface area contributed by atoms with E-state index in [1.165, 1.54) is 19.3 Å². The van der Waals surface area contributed by atoms with Crippen LogP contribution in [0.3, 0.4) is 0 Å². The maximum atomic E-state index is 12.4. The van der Waals surface area contributed by atoms with Crippen molar-refractivity contribution in [1.29, 1.82) is 0 Å². The maximum Gasteiger partial charge on any atom is 0.223 e. The van der Waals surface area contributed by atoms with Crippen molar-refractivity contribution in [3.63, 3.8) is 0 Å². The van der Waals surface area contributed by atoms with E-state index < -0.39 is 0 Å². The fraction of sp³-hybridized carbons (Fsp3) is 0.895. The lowest BCUT2D eigenvalue weighted by Gasteiger charge is -2.33. The van der Waals surface area contributed by atoms with Crippen LogP contribution in [0, 0.1) is 17.8 Å². The zero-order valence-corrected chi connectivity index (χ0v) is 15.0. The number of nitrogens with one attached hydrogen (secondary N) is 1. The quantitative estimate of drug-likeness (QED) is 0.851. The molecule has 0 radical (unpaired) electrons. The molecule has 2 heterocycles. The summed E-state index contributed by atoms with van der Waals surface area (Å²) in [6.45, 7) is 6.84. The monoisotopic (exact) mass is 333 g/mol. The molecule has 2 aliphatic heterocycles. The highest BCUT2D eigenvalue weighted by atomic mass is 16.2. The summed E-state index contributed by atoms with van der Waals surface area (Å²) in [5, 5.41) is 3.77. The van der Waals surface area contributed by atoms with Crippen molar-refractivity contribution >= 4 is 11.8 Å². The van der Waals surface area contributed by atoms with Crippen molar-refractivity contribution in [1.82, 2.24) is 15.1 Å². The lowest BCUT2D eigenvalue weighted by atomic mass is 9.88. The third-order valence-corrected chi connectivity index (χ3v) is 6.97. The van der Waals surface area contributed by atoms with Crippen LogP contribution >= 0.6 is 0 Å². The fourth-order valence-corrected chi connectivity index (χ4v) is 5.42. The second-order valence-corrected chi connectivity index (χ2v) is 8.53. The zero-order chi connectivity index (χ0) is 16.8. The van der Waals surface area contributed by atoms with E-state index in [0.717, 1.165) is 38.9 Å². The lowest BCUT2D eigenvalue weighted by Crippen LogP contribution is -2.46. The molecule has 2 saturated heterocycles. The van der Waals surface area contributed by atoms with Crippen molar-refractivity contribution in [2.75, 3.05) is 19.6 Å². The average Bonchev–Trinajstić information content (AvgIpc) is 3.27. The van der Waals surface area contributed by atoms with E-state index in [2.05, 4.69) is 17.1 Å². The maximum absolute atomic E-state index is 12.4.